The van der Waals surface area contributed by atoms with Gasteiger partial charge in [-0.2, -0.15) is 0 Å². The summed E-state index contributed by atoms with van der Waals surface area (Å²) in [6.07, 6.45) is 3.90. The Balaban J connectivity index is 1.57. The van der Waals surface area contributed by atoms with Crippen molar-refractivity contribution in [3.63, 3.8) is 0 Å². The fourth-order valence-corrected chi connectivity index (χ4v) is 6.54. The minimum atomic E-state index is 0.993. The molecule has 0 amide bonds. The molecular weight excluding hydrogens is 486 g/mol. The van der Waals surface area contributed by atoms with Gasteiger partial charge >= 0.3 is 0 Å². The van der Waals surface area contributed by atoms with Crippen molar-refractivity contribution < 1.29 is 0 Å². The summed E-state index contributed by atoms with van der Waals surface area (Å²) in [5, 5.41) is 7.51. The Labute approximate surface area is 231 Å². The summed E-state index contributed by atoms with van der Waals surface area (Å²) >= 11 is 0. The lowest BCUT2D eigenvalue weighted by Gasteiger charge is -2.13. The SMILES string of the molecule is C/C(=C\C(=C/N)c1ccccc1)n1c2ccccc2c2ccc3cc4c5ccccc5c5ccccc5n4c3c21. The highest BCUT2D eigenvalue weighted by atomic mass is 15.0. The van der Waals surface area contributed by atoms with Gasteiger partial charge in [-0.1, -0.05) is 103 Å². The summed E-state index contributed by atoms with van der Waals surface area (Å²) < 4.78 is 4.88. The quantitative estimate of drug-likeness (QED) is 0.185. The summed E-state index contributed by atoms with van der Waals surface area (Å²) in [6, 6.07) is 43.4. The molecule has 0 aliphatic rings. The topological polar surface area (TPSA) is 35.4 Å². The number of nitrogens with two attached hydrogens (primary N) is 1. The number of rotatable bonds is 3. The Bertz CT molecular complexity index is 2330. The van der Waals surface area contributed by atoms with Gasteiger partial charge in [-0.3, -0.25) is 0 Å². The zero-order valence-corrected chi connectivity index (χ0v) is 22.2. The van der Waals surface area contributed by atoms with Crippen LogP contribution in [0.4, 0.5) is 0 Å². The van der Waals surface area contributed by atoms with Crippen molar-refractivity contribution in [3.8, 4) is 0 Å². The Morgan fingerprint density at radius 1 is 0.575 bits per heavy atom. The average Bonchev–Trinajstić information content (AvgIpc) is 3.57. The molecule has 0 aliphatic carbocycles. The van der Waals surface area contributed by atoms with Gasteiger partial charge in [0.25, 0.3) is 0 Å². The molecule has 3 heterocycles. The van der Waals surface area contributed by atoms with Crippen LogP contribution < -0.4 is 5.73 Å². The molecule has 0 radical (unpaired) electrons. The standard InChI is InChI=1S/C37H27N3/c1-24(21-27(23-38)25-11-3-2-4-12-25)39-33-17-9-8-16-31(33)32-20-19-26-22-35-30-15-6-5-13-28(30)29-14-7-10-18-34(29)40(35)36(26)37(32)39/h2-23H,38H2,1H3/b24-21+,27-23+. The normalized spacial score (nSPS) is 13.0. The highest BCUT2D eigenvalue weighted by molar-refractivity contribution is 6.23. The van der Waals surface area contributed by atoms with Crippen molar-refractivity contribution in [2.45, 2.75) is 6.92 Å². The van der Waals surface area contributed by atoms with Crippen LogP contribution in [0.3, 0.4) is 0 Å². The lowest BCUT2D eigenvalue weighted by Crippen LogP contribution is -1.98. The molecule has 3 nitrogen and oxygen atoms in total. The van der Waals surface area contributed by atoms with Gasteiger partial charge in [0.1, 0.15) is 0 Å². The molecule has 40 heavy (non-hydrogen) atoms. The molecule has 0 fully saturated rings. The van der Waals surface area contributed by atoms with Crippen LogP contribution in [0, 0.1) is 0 Å². The molecule has 3 heteroatoms. The van der Waals surface area contributed by atoms with Crippen LogP contribution in [0.25, 0.3) is 71.2 Å². The third kappa shape index (κ3) is 3.12. The van der Waals surface area contributed by atoms with E-state index in [-0.39, 0.29) is 0 Å². The molecule has 3 aromatic heterocycles. The number of hydrogen-bond donors (Lipinski definition) is 1. The molecule has 8 aromatic rings. The van der Waals surface area contributed by atoms with Crippen LogP contribution in [0.2, 0.25) is 0 Å². The maximum atomic E-state index is 6.18. The van der Waals surface area contributed by atoms with Gasteiger partial charge in [-0.15, -0.1) is 0 Å². The van der Waals surface area contributed by atoms with Crippen molar-refractivity contribution in [1.82, 2.24) is 8.97 Å². The van der Waals surface area contributed by atoms with E-state index in [1.54, 1.807) is 6.20 Å². The molecule has 0 aliphatic heterocycles. The molecule has 5 aromatic carbocycles. The second kappa shape index (κ2) is 8.62. The predicted octanol–water partition coefficient (Wildman–Crippen LogP) is 9.37. The van der Waals surface area contributed by atoms with Gasteiger partial charge in [0.2, 0.25) is 0 Å². The fraction of sp³-hybridized carbons (Fsp3) is 0.0270. The Morgan fingerprint density at radius 2 is 1.18 bits per heavy atom. The van der Waals surface area contributed by atoms with E-state index in [2.05, 4.69) is 125 Å². The van der Waals surface area contributed by atoms with Crippen LogP contribution in [0.5, 0.6) is 0 Å². The largest absolute Gasteiger partial charge is 0.404 e. The second-order valence-electron chi connectivity index (χ2n) is 10.5. The number of fused-ring (bicyclic) bond motifs is 12. The minimum Gasteiger partial charge on any atom is -0.404 e. The monoisotopic (exact) mass is 513 g/mol. The van der Waals surface area contributed by atoms with Gasteiger partial charge in [-0.05, 0) is 47.7 Å². The summed E-state index contributed by atoms with van der Waals surface area (Å²) in [5.41, 5.74) is 15.4. The van der Waals surface area contributed by atoms with Crippen molar-refractivity contribution in [2.75, 3.05) is 0 Å². The highest BCUT2D eigenvalue weighted by Crippen LogP contribution is 2.41. The number of para-hydroxylation sites is 2. The van der Waals surface area contributed by atoms with Crippen LogP contribution in [-0.4, -0.2) is 8.97 Å². The van der Waals surface area contributed by atoms with E-state index < -0.39 is 0 Å². The lowest BCUT2D eigenvalue weighted by molar-refractivity contribution is 1.20. The summed E-state index contributed by atoms with van der Waals surface area (Å²) in [6.45, 7) is 2.18. The molecule has 0 bridgehead atoms. The maximum absolute atomic E-state index is 6.18. The first kappa shape index (κ1) is 22.7. The van der Waals surface area contributed by atoms with Crippen LogP contribution in [0.15, 0.2) is 134 Å². The Kier molecular flexibility index (Phi) is 4.89. The Hall–Kier alpha value is -5.28. The van der Waals surface area contributed by atoms with E-state index in [9.17, 15) is 0 Å². The number of pyridine rings is 1. The molecule has 0 unspecified atom stereocenters. The molecule has 0 atom stereocenters. The zero-order valence-electron chi connectivity index (χ0n) is 22.2. The molecular formula is C37H27N3. The van der Waals surface area contributed by atoms with E-state index in [4.69, 9.17) is 5.73 Å². The number of nitrogens with zero attached hydrogens (tertiary/aromatic N) is 2. The zero-order chi connectivity index (χ0) is 26.8. The third-order valence-corrected chi connectivity index (χ3v) is 8.24. The van der Waals surface area contributed by atoms with Crippen LogP contribution >= 0.6 is 0 Å². The van der Waals surface area contributed by atoms with E-state index >= 15 is 0 Å². The van der Waals surface area contributed by atoms with Crippen LogP contribution in [0.1, 0.15) is 12.5 Å². The van der Waals surface area contributed by atoms with Gasteiger partial charge in [-0.25, -0.2) is 0 Å². The van der Waals surface area contributed by atoms with E-state index in [0.717, 1.165) is 16.8 Å². The smallest absolute Gasteiger partial charge is 0.0786 e. The molecule has 8 rings (SSSR count). The maximum Gasteiger partial charge on any atom is 0.0786 e. The Morgan fingerprint density at radius 3 is 1.90 bits per heavy atom. The first-order valence-electron chi connectivity index (χ1n) is 13.7. The first-order valence-corrected chi connectivity index (χ1v) is 13.7. The molecule has 190 valence electrons. The fourth-order valence-electron chi connectivity index (χ4n) is 6.54. The lowest BCUT2D eigenvalue weighted by atomic mass is 10.1. The van der Waals surface area contributed by atoms with Gasteiger partial charge in [0, 0.05) is 38.8 Å². The van der Waals surface area contributed by atoms with Gasteiger partial charge < -0.3 is 14.7 Å². The van der Waals surface area contributed by atoms with E-state index in [1.807, 2.05) is 18.2 Å². The van der Waals surface area contributed by atoms with Crippen molar-refractivity contribution >= 4 is 71.2 Å². The van der Waals surface area contributed by atoms with E-state index in [0.29, 0.717) is 0 Å². The minimum absolute atomic E-state index is 0.993. The molecule has 0 saturated heterocycles. The number of hydrogen-bond acceptors (Lipinski definition) is 1. The summed E-state index contributed by atoms with van der Waals surface area (Å²) in [5.74, 6) is 0. The average molecular weight is 514 g/mol. The number of aromatic nitrogens is 2. The molecule has 2 N–H and O–H groups in total. The number of benzene rings is 5. The van der Waals surface area contributed by atoms with Gasteiger partial charge in [0.15, 0.2) is 0 Å². The van der Waals surface area contributed by atoms with Gasteiger partial charge in [0.05, 0.1) is 27.6 Å². The van der Waals surface area contributed by atoms with Crippen molar-refractivity contribution in [2.24, 2.45) is 5.73 Å². The van der Waals surface area contributed by atoms with E-state index in [1.165, 1.54) is 59.9 Å². The third-order valence-electron chi connectivity index (χ3n) is 8.24. The summed E-state index contributed by atoms with van der Waals surface area (Å²) in [7, 11) is 0. The van der Waals surface area contributed by atoms with Crippen molar-refractivity contribution in [1.29, 1.82) is 0 Å². The predicted molar refractivity (Wildman–Crippen MR) is 171 cm³/mol. The molecule has 0 saturated carbocycles. The summed E-state index contributed by atoms with van der Waals surface area (Å²) in [4.78, 5) is 0. The first-order chi connectivity index (χ1) is 19.7. The van der Waals surface area contributed by atoms with Crippen molar-refractivity contribution in [3.05, 3.63) is 139 Å². The molecule has 0 spiro atoms. The number of allylic oxidation sites excluding steroid dienone is 3. The van der Waals surface area contributed by atoms with Crippen LogP contribution in [-0.2, 0) is 0 Å². The second-order valence-corrected chi connectivity index (χ2v) is 10.5. The highest BCUT2D eigenvalue weighted by Gasteiger charge is 2.19.